The first-order chi connectivity index (χ1) is 12.6. The average Bonchev–Trinajstić information content (AvgIpc) is 3.03. The van der Waals surface area contributed by atoms with Crippen molar-refractivity contribution < 1.29 is 13.9 Å². The van der Waals surface area contributed by atoms with Gasteiger partial charge in [0.25, 0.3) is 5.91 Å². The highest BCUT2D eigenvalue weighted by atomic mass is 19.1. The second-order valence-electron chi connectivity index (χ2n) is 5.83. The summed E-state index contributed by atoms with van der Waals surface area (Å²) in [5.74, 6) is 0.0369. The first-order valence-corrected chi connectivity index (χ1v) is 8.44. The van der Waals surface area contributed by atoms with Gasteiger partial charge in [-0.1, -0.05) is 19.1 Å². The molecule has 1 amide bonds. The predicted octanol–water partition coefficient (Wildman–Crippen LogP) is 4.36. The van der Waals surface area contributed by atoms with Crippen LogP contribution in [-0.2, 0) is 0 Å². The summed E-state index contributed by atoms with van der Waals surface area (Å²) < 4.78 is 20.4. The monoisotopic (exact) mass is 353 g/mol. The molecule has 0 aliphatic carbocycles. The molecule has 5 nitrogen and oxygen atoms in total. The van der Waals surface area contributed by atoms with Crippen LogP contribution in [0.3, 0.4) is 0 Å². The summed E-state index contributed by atoms with van der Waals surface area (Å²) in [4.78, 5) is 12.7. The Balaban J connectivity index is 1.82. The van der Waals surface area contributed by atoms with Gasteiger partial charge in [0.1, 0.15) is 11.6 Å². The molecule has 0 atom stereocenters. The summed E-state index contributed by atoms with van der Waals surface area (Å²) in [6, 6.07) is 13.3. The number of nitrogens with zero attached hydrogens (tertiary/aromatic N) is 2. The highest BCUT2D eigenvalue weighted by Crippen LogP contribution is 2.25. The van der Waals surface area contributed by atoms with Gasteiger partial charge in [-0.3, -0.25) is 4.79 Å². The maximum Gasteiger partial charge on any atom is 0.259 e. The topological polar surface area (TPSA) is 56.1 Å². The molecule has 0 aliphatic rings. The van der Waals surface area contributed by atoms with E-state index in [1.165, 1.54) is 18.3 Å². The van der Waals surface area contributed by atoms with Crippen LogP contribution in [0.15, 0.2) is 54.7 Å². The van der Waals surface area contributed by atoms with Crippen LogP contribution >= 0.6 is 0 Å². The Hall–Kier alpha value is -3.15. The number of aromatic nitrogens is 2. The molecule has 6 heteroatoms. The predicted molar refractivity (Wildman–Crippen MR) is 98.4 cm³/mol. The minimum atomic E-state index is -0.319. The lowest BCUT2D eigenvalue weighted by atomic mass is 10.2. The van der Waals surface area contributed by atoms with Crippen molar-refractivity contribution in [1.29, 1.82) is 0 Å². The van der Waals surface area contributed by atoms with Crippen LogP contribution in [0.25, 0.3) is 5.69 Å². The standard InChI is InChI=1S/C20H20FN3O2/c1-3-12-26-19-7-5-4-6-18(19)23-20(25)17-13-22-24(14(17)2)16-10-8-15(21)9-11-16/h4-11,13H,3,12H2,1-2H3,(H,23,25). The van der Waals surface area contributed by atoms with Crippen molar-refractivity contribution in [2.45, 2.75) is 20.3 Å². The maximum absolute atomic E-state index is 13.1. The lowest BCUT2D eigenvalue weighted by Crippen LogP contribution is -2.14. The molecular formula is C20H20FN3O2. The number of benzene rings is 2. The first kappa shape index (κ1) is 17.7. The van der Waals surface area contributed by atoms with Gasteiger partial charge in [-0.2, -0.15) is 5.10 Å². The fraction of sp³-hybridized carbons (Fsp3) is 0.200. The molecule has 3 aromatic rings. The summed E-state index contributed by atoms with van der Waals surface area (Å²) in [6.45, 7) is 4.40. The highest BCUT2D eigenvalue weighted by molar-refractivity contribution is 6.05. The van der Waals surface area contributed by atoms with Crippen LogP contribution in [0.4, 0.5) is 10.1 Å². The number of rotatable bonds is 6. The van der Waals surface area contributed by atoms with Crippen molar-refractivity contribution in [3.8, 4) is 11.4 Å². The van der Waals surface area contributed by atoms with Crippen molar-refractivity contribution in [2.75, 3.05) is 11.9 Å². The Morgan fingerprint density at radius 1 is 1.19 bits per heavy atom. The maximum atomic E-state index is 13.1. The van der Waals surface area contributed by atoms with E-state index in [-0.39, 0.29) is 11.7 Å². The van der Waals surface area contributed by atoms with Crippen LogP contribution in [0.2, 0.25) is 0 Å². The van der Waals surface area contributed by atoms with E-state index in [2.05, 4.69) is 10.4 Å². The number of halogens is 1. The zero-order valence-electron chi connectivity index (χ0n) is 14.7. The van der Waals surface area contributed by atoms with Gasteiger partial charge in [0.15, 0.2) is 0 Å². The zero-order chi connectivity index (χ0) is 18.5. The molecule has 3 rings (SSSR count). The quantitative estimate of drug-likeness (QED) is 0.716. The number of carbonyl (C=O) groups excluding carboxylic acids is 1. The molecule has 1 heterocycles. The molecular weight excluding hydrogens is 333 g/mol. The molecule has 0 spiro atoms. The molecule has 0 bridgehead atoms. The first-order valence-electron chi connectivity index (χ1n) is 8.44. The van der Waals surface area contributed by atoms with Gasteiger partial charge < -0.3 is 10.1 Å². The van der Waals surface area contributed by atoms with E-state index in [1.807, 2.05) is 25.1 Å². The Kier molecular flexibility index (Phi) is 5.31. The van der Waals surface area contributed by atoms with Crippen molar-refractivity contribution in [3.05, 3.63) is 71.8 Å². The van der Waals surface area contributed by atoms with E-state index < -0.39 is 0 Å². The fourth-order valence-corrected chi connectivity index (χ4v) is 2.57. The van der Waals surface area contributed by atoms with Crippen LogP contribution in [0, 0.1) is 12.7 Å². The molecule has 134 valence electrons. The Labute approximate surface area is 151 Å². The Bertz CT molecular complexity index is 904. The van der Waals surface area contributed by atoms with Crippen LogP contribution in [0.1, 0.15) is 29.4 Å². The SMILES string of the molecule is CCCOc1ccccc1NC(=O)c1cnn(-c2ccc(F)cc2)c1C. The second kappa shape index (κ2) is 7.82. The van der Waals surface area contributed by atoms with Crippen molar-refractivity contribution in [3.63, 3.8) is 0 Å². The number of anilines is 1. The zero-order valence-corrected chi connectivity index (χ0v) is 14.7. The summed E-state index contributed by atoms with van der Waals surface area (Å²) in [5.41, 5.74) is 2.41. The fourth-order valence-electron chi connectivity index (χ4n) is 2.57. The van der Waals surface area contributed by atoms with E-state index in [0.717, 1.165) is 6.42 Å². The van der Waals surface area contributed by atoms with E-state index in [4.69, 9.17) is 4.74 Å². The van der Waals surface area contributed by atoms with Crippen LogP contribution < -0.4 is 10.1 Å². The number of carbonyl (C=O) groups is 1. The number of ether oxygens (including phenoxy) is 1. The summed E-state index contributed by atoms with van der Waals surface area (Å²) in [7, 11) is 0. The number of nitrogens with one attached hydrogen (secondary N) is 1. The van der Waals surface area contributed by atoms with Gasteiger partial charge in [-0.25, -0.2) is 9.07 Å². The molecule has 0 saturated heterocycles. The molecule has 26 heavy (non-hydrogen) atoms. The lowest BCUT2D eigenvalue weighted by Gasteiger charge is -2.12. The molecule has 1 N–H and O–H groups in total. The van der Waals surface area contributed by atoms with Gasteiger partial charge in [0.05, 0.1) is 35.4 Å². The van der Waals surface area contributed by atoms with Gasteiger partial charge in [0, 0.05) is 0 Å². The molecule has 0 unspecified atom stereocenters. The van der Waals surface area contributed by atoms with Crippen molar-refractivity contribution in [2.24, 2.45) is 0 Å². The molecule has 0 aliphatic heterocycles. The van der Waals surface area contributed by atoms with E-state index in [9.17, 15) is 9.18 Å². The van der Waals surface area contributed by atoms with Gasteiger partial charge in [-0.05, 0) is 49.7 Å². The van der Waals surface area contributed by atoms with Gasteiger partial charge >= 0.3 is 0 Å². The largest absolute Gasteiger partial charge is 0.491 e. The average molecular weight is 353 g/mol. The minimum Gasteiger partial charge on any atom is -0.491 e. The third-order valence-corrected chi connectivity index (χ3v) is 3.92. The molecule has 1 aromatic heterocycles. The molecule has 0 saturated carbocycles. The van der Waals surface area contributed by atoms with Crippen molar-refractivity contribution >= 4 is 11.6 Å². The summed E-state index contributed by atoms with van der Waals surface area (Å²) in [6.07, 6.45) is 2.38. The normalized spacial score (nSPS) is 10.6. The van der Waals surface area contributed by atoms with E-state index >= 15 is 0 Å². The summed E-state index contributed by atoms with van der Waals surface area (Å²) in [5, 5.41) is 7.13. The van der Waals surface area contributed by atoms with Gasteiger partial charge in [0.2, 0.25) is 0 Å². The Morgan fingerprint density at radius 3 is 2.65 bits per heavy atom. The van der Waals surface area contributed by atoms with E-state index in [0.29, 0.717) is 35.0 Å². The number of hydrogen-bond acceptors (Lipinski definition) is 3. The van der Waals surface area contributed by atoms with Gasteiger partial charge in [-0.15, -0.1) is 0 Å². The smallest absolute Gasteiger partial charge is 0.259 e. The van der Waals surface area contributed by atoms with Crippen LogP contribution in [0.5, 0.6) is 5.75 Å². The summed E-state index contributed by atoms with van der Waals surface area (Å²) >= 11 is 0. The molecule has 0 fully saturated rings. The third kappa shape index (κ3) is 3.74. The van der Waals surface area contributed by atoms with Crippen LogP contribution in [-0.4, -0.2) is 22.3 Å². The van der Waals surface area contributed by atoms with E-state index in [1.54, 1.807) is 29.8 Å². The number of para-hydroxylation sites is 2. The molecule has 0 radical (unpaired) electrons. The van der Waals surface area contributed by atoms with Crippen molar-refractivity contribution in [1.82, 2.24) is 9.78 Å². The number of amides is 1. The Morgan fingerprint density at radius 2 is 1.92 bits per heavy atom. The number of hydrogen-bond donors (Lipinski definition) is 1. The lowest BCUT2D eigenvalue weighted by molar-refractivity contribution is 0.102. The highest BCUT2D eigenvalue weighted by Gasteiger charge is 2.16. The third-order valence-electron chi connectivity index (χ3n) is 3.92. The minimum absolute atomic E-state index is 0.275. The molecule has 2 aromatic carbocycles. The second-order valence-corrected chi connectivity index (χ2v) is 5.83.